The fraction of sp³-hybridized carbons (Fsp3) is 0.333. The highest BCUT2D eigenvalue weighted by atomic mass is 32.2. The van der Waals surface area contributed by atoms with Gasteiger partial charge in [0.15, 0.2) is 0 Å². The largest absolute Gasteiger partial charge is 0.301 e. The normalized spacial score (nSPS) is 13.8. The van der Waals surface area contributed by atoms with Crippen molar-refractivity contribution in [2.24, 2.45) is 0 Å². The van der Waals surface area contributed by atoms with E-state index in [9.17, 15) is 8.42 Å². The molecule has 0 saturated heterocycles. The molecule has 0 fully saturated rings. The Balaban J connectivity index is 2.08. The first-order valence-corrected chi connectivity index (χ1v) is 9.03. The van der Waals surface area contributed by atoms with Crippen LogP contribution >= 0.6 is 22.7 Å². The summed E-state index contributed by atoms with van der Waals surface area (Å²) in [6.07, 6.45) is 0. The molecule has 0 aromatic carbocycles. The van der Waals surface area contributed by atoms with Gasteiger partial charge in [0.25, 0.3) is 0 Å². The number of nitrogens with one attached hydrogen (secondary N) is 1. The molecule has 0 spiro atoms. The zero-order chi connectivity index (χ0) is 13.9. The summed E-state index contributed by atoms with van der Waals surface area (Å²) >= 11 is 2.84. The highest BCUT2D eigenvalue weighted by Gasteiger charge is 2.20. The van der Waals surface area contributed by atoms with Crippen molar-refractivity contribution in [3.8, 4) is 0 Å². The van der Waals surface area contributed by atoms with E-state index in [-0.39, 0.29) is 6.04 Å². The molecule has 0 radical (unpaired) electrons. The van der Waals surface area contributed by atoms with Crippen LogP contribution in [0.25, 0.3) is 0 Å². The van der Waals surface area contributed by atoms with Crippen LogP contribution in [0.3, 0.4) is 0 Å². The Morgan fingerprint density at radius 1 is 1.32 bits per heavy atom. The van der Waals surface area contributed by atoms with Gasteiger partial charge in [0.2, 0.25) is 10.0 Å². The van der Waals surface area contributed by atoms with Crippen LogP contribution in [0.4, 0.5) is 0 Å². The van der Waals surface area contributed by atoms with Gasteiger partial charge in [-0.05, 0) is 47.9 Å². The standard InChI is InChI=1S/C12H16N2O2S3/c1-14(2)11(10-5-7-17-9-10)8-13-19(15,16)12-4-3-6-18-12/h3-7,9,11,13H,8H2,1-2H3. The Morgan fingerprint density at radius 3 is 2.63 bits per heavy atom. The maximum absolute atomic E-state index is 12.1. The minimum absolute atomic E-state index is 0.0426. The van der Waals surface area contributed by atoms with Crippen molar-refractivity contribution in [1.29, 1.82) is 0 Å². The lowest BCUT2D eigenvalue weighted by Gasteiger charge is -2.23. The van der Waals surface area contributed by atoms with Crippen molar-refractivity contribution in [3.63, 3.8) is 0 Å². The number of hydrogen-bond donors (Lipinski definition) is 1. The third kappa shape index (κ3) is 3.64. The van der Waals surface area contributed by atoms with Crippen LogP contribution in [0.2, 0.25) is 0 Å². The molecule has 1 N–H and O–H groups in total. The summed E-state index contributed by atoms with van der Waals surface area (Å²) in [6.45, 7) is 0.365. The van der Waals surface area contributed by atoms with Crippen molar-refractivity contribution < 1.29 is 8.42 Å². The molecule has 4 nitrogen and oxygen atoms in total. The van der Waals surface area contributed by atoms with Crippen molar-refractivity contribution in [2.45, 2.75) is 10.3 Å². The molecule has 7 heteroatoms. The summed E-state index contributed by atoms with van der Waals surface area (Å²) in [6, 6.07) is 5.42. The molecule has 0 saturated carbocycles. The molecule has 2 aromatic rings. The topological polar surface area (TPSA) is 49.4 Å². The molecule has 1 atom stereocenters. The summed E-state index contributed by atoms with van der Waals surface area (Å²) < 4.78 is 27.2. The second kappa shape index (κ2) is 6.15. The van der Waals surface area contributed by atoms with Crippen molar-refractivity contribution >= 4 is 32.7 Å². The van der Waals surface area contributed by atoms with Crippen molar-refractivity contribution in [3.05, 3.63) is 39.9 Å². The van der Waals surface area contributed by atoms with E-state index in [1.54, 1.807) is 28.8 Å². The number of rotatable bonds is 6. The number of hydrogen-bond acceptors (Lipinski definition) is 5. The van der Waals surface area contributed by atoms with E-state index in [2.05, 4.69) is 4.72 Å². The molecule has 2 rings (SSSR count). The number of thiophene rings is 2. The Labute approximate surface area is 121 Å². The van der Waals surface area contributed by atoms with E-state index in [0.29, 0.717) is 10.8 Å². The molecule has 2 aromatic heterocycles. The van der Waals surface area contributed by atoms with Crippen LogP contribution < -0.4 is 4.72 Å². The molecular formula is C12H16N2O2S3. The summed E-state index contributed by atoms with van der Waals surface area (Å²) in [7, 11) is 0.501. The first kappa shape index (κ1) is 14.7. The number of sulfonamides is 1. The molecule has 1 unspecified atom stereocenters. The van der Waals surface area contributed by atoms with Crippen LogP contribution in [0, 0.1) is 0 Å². The van der Waals surface area contributed by atoms with E-state index < -0.39 is 10.0 Å². The summed E-state index contributed by atoms with van der Waals surface area (Å²) in [5.41, 5.74) is 1.13. The van der Waals surface area contributed by atoms with Crippen molar-refractivity contribution in [2.75, 3.05) is 20.6 Å². The molecule has 0 aliphatic carbocycles. The Morgan fingerprint density at radius 2 is 2.11 bits per heavy atom. The smallest absolute Gasteiger partial charge is 0.250 e. The first-order valence-electron chi connectivity index (χ1n) is 5.72. The third-order valence-electron chi connectivity index (χ3n) is 2.78. The van der Waals surface area contributed by atoms with E-state index >= 15 is 0 Å². The van der Waals surface area contributed by atoms with Crippen LogP contribution in [0.1, 0.15) is 11.6 Å². The van der Waals surface area contributed by atoms with Crippen LogP contribution in [0.15, 0.2) is 38.5 Å². The van der Waals surface area contributed by atoms with Gasteiger partial charge in [-0.25, -0.2) is 13.1 Å². The maximum Gasteiger partial charge on any atom is 0.250 e. The second-order valence-electron chi connectivity index (χ2n) is 4.32. The fourth-order valence-corrected chi connectivity index (χ4v) is 4.52. The van der Waals surface area contributed by atoms with Gasteiger partial charge in [-0.15, -0.1) is 11.3 Å². The summed E-state index contributed by atoms with van der Waals surface area (Å²) in [5.74, 6) is 0. The van der Waals surface area contributed by atoms with Gasteiger partial charge in [0, 0.05) is 12.6 Å². The monoisotopic (exact) mass is 316 g/mol. The Bertz CT molecular complexity index is 589. The van der Waals surface area contributed by atoms with Gasteiger partial charge >= 0.3 is 0 Å². The lowest BCUT2D eigenvalue weighted by molar-refractivity contribution is 0.300. The Kier molecular flexibility index (Phi) is 4.75. The van der Waals surface area contributed by atoms with Crippen LogP contribution in [0.5, 0.6) is 0 Å². The highest BCUT2D eigenvalue weighted by Crippen LogP contribution is 2.21. The molecular weight excluding hydrogens is 300 g/mol. The maximum atomic E-state index is 12.1. The molecule has 0 aliphatic rings. The zero-order valence-electron chi connectivity index (χ0n) is 10.7. The van der Waals surface area contributed by atoms with E-state index in [1.165, 1.54) is 11.3 Å². The van der Waals surface area contributed by atoms with Crippen molar-refractivity contribution in [1.82, 2.24) is 9.62 Å². The SMILES string of the molecule is CN(C)C(CNS(=O)(=O)c1cccs1)c1ccsc1. The fourth-order valence-electron chi connectivity index (χ4n) is 1.74. The third-order valence-corrected chi connectivity index (χ3v) is 6.30. The minimum Gasteiger partial charge on any atom is -0.301 e. The van der Waals surface area contributed by atoms with E-state index in [4.69, 9.17) is 0 Å². The second-order valence-corrected chi connectivity index (χ2v) is 8.04. The number of likely N-dealkylation sites (N-methyl/N-ethyl adjacent to an activating group) is 1. The average molecular weight is 316 g/mol. The van der Waals surface area contributed by atoms with E-state index in [0.717, 1.165) is 5.56 Å². The van der Waals surface area contributed by atoms with Crippen LogP contribution in [-0.4, -0.2) is 34.0 Å². The van der Waals surface area contributed by atoms with Gasteiger partial charge in [0.05, 0.1) is 0 Å². The molecule has 104 valence electrons. The van der Waals surface area contributed by atoms with E-state index in [1.807, 2.05) is 35.8 Å². The molecule has 19 heavy (non-hydrogen) atoms. The van der Waals surface area contributed by atoms with Crippen LogP contribution in [-0.2, 0) is 10.0 Å². The number of nitrogens with zero attached hydrogens (tertiary/aromatic N) is 1. The van der Waals surface area contributed by atoms with Gasteiger partial charge in [-0.3, -0.25) is 0 Å². The van der Waals surface area contributed by atoms with Gasteiger partial charge in [-0.1, -0.05) is 6.07 Å². The molecule has 2 heterocycles. The molecule has 0 aliphatic heterocycles. The van der Waals surface area contributed by atoms with Gasteiger partial charge in [0.1, 0.15) is 4.21 Å². The Hall–Kier alpha value is -0.730. The first-order chi connectivity index (χ1) is 9.00. The zero-order valence-corrected chi connectivity index (χ0v) is 13.2. The average Bonchev–Trinajstić information content (AvgIpc) is 3.02. The predicted octanol–water partition coefficient (Wildman–Crippen LogP) is 2.39. The summed E-state index contributed by atoms with van der Waals surface area (Å²) in [4.78, 5) is 2.01. The highest BCUT2D eigenvalue weighted by molar-refractivity contribution is 7.91. The lowest BCUT2D eigenvalue weighted by Crippen LogP contribution is -2.34. The van der Waals surface area contributed by atoms with Gasteiger partial charge in [-0.2, -0.15) is 11.3 Å². The quantitative estimate of drug-likeness (QED) is 0.890. The molecule has 0 amide bonds. The minimum atomic E-state index is -3.39. The van der Waals surface area contributed by atoms with Gasteiger partial charge < -0.3 is 4.90 Å². The molecule has 0 bridgehead atoms. The summed E-state index contributed by atoms with van der Waals surface area (Å²) in [5, 5.41) is 5.81. The lowest BCUT2D eigenvalue weighted by atomic mass is 10.1. The predicted molar refractivity (Wildman–Crippen MR) is 80.3 cm³/mol.